The molecule has 1 aromatic rings. The van der Waals surface area contributed by atoms with Gasteiger partial charge in [0.25, 0.3) is 0 Å². The van der Waals surface area contributed by atoms with Crippen LogP contribution in [0, 0.1) is 0 Å². The van der Waals surface area contributed by atoms with E-state index in [-0.39, 0.29) is 11.9 Å². The maximum absolute atomic E-state index is 11.9. The minimum absolute atomic E-state index is 0.0129. The van der Waals surface area contributed by atoms with E-state index in [2.05, 4.69) is 16.7 Å². The van der Waals surface area contributed by atoms with Crippen molar-refractivity contribution in [1.29, 1.82) is 0 Å². The van der Waals surface area contributed by atoms with E-state index in [4.69, 9.17) is 9.57 Å². The number of allylic oxidation sites excluding steroid dienone is 1. The molecular formula is C16H20FNO3. The highest BCUT2D eigenvalue weighted by Gasteiger charge is 2.23. The molecule has 21 heavy (non-hydrogen) atoms. The summed E-state index contributed by atoms with van der Waals surface area (Å²) < 4.78 is 17.6. The van der Waals surface area contributed by atoms with Gasteiger partial charge in [-0.3, -0.25) is 4.94 Å². The SMILES string of the molecule is C=C(OF)C1=NOC(CCCCOCc2ccccc2)C1. The Kier molecular flexibility index (Phi) is 6.22. The first-order valence-electron chi connectivity index (χ1n) is 7.12. The van der Waals surface area contributed by atoms with Gasteiger partial charge in [-0.05, 0) is 24.8 Å². The first-order chi connectivity index (χ1) is 10.3. The molecule has 114 valence electrons. The molecule has 4 nitrogen and oxygen atoms in total. The van der Waals surface area contributed by atoms with E-state index < -0.39 is 0 Å². The zero-order valence-electron chi connectivity index (χ0n) is 12.0. The van der Waals surface area contributed by atoms with Gasteiger partial charge in [0.1, 0.15) is 11.8 Å². The number of halogens is 1. The summed E-state index contributed by atoms with van der Waals surface area (Å²) in [5, 5.41) is 3.76. The van der Waals surface area contributed by atoms with Crippen LogP contribution in [0.25, 0.3) is 0 Å². The molecule has 0 saturated heterocycles. The van der Waals surface area contributed by atoms with E-state index in [1.807, 2.05) is 30.3 Å². The summed E-state index contributed by atoms with van der Waals surface area (Å²) in [5.74, 6) is -0.0660. The van der Waals surface area contributed by atoms with Gasteiger partial charge in [-0.2, -0.15) is 0 Å². The molecule has 1 aliphatic heterocycles. The van der Waals surface area contributed by atoms with E-state index >= 15 is 0 Å². The molecule has 0 bridgehead atoms. The van der Waals surface area contributed by atoms with Crippen LogP contribution in [-0.2, 0) is 21.1 Å². The predicted molar refractivity (Wildman–Crippen MR) is 78.2 cm³/mol. The number of nitrogens with zero attached hydrogens (tertiary/aromatic N) is 1. The molecule has 0 amide bonds. The minimum Gasteiger partial charge on any atom is -0.392 e. The molecule has 1 heterocycles. The first-order valence-corrected chi connectivity index (χ1v) is 7.12. The second-order valence-corrected chi connectivity index (χ2v) is 5.00. The third kappa shape index (κ3) is 5.19. The summed E-state index contributed by atoms with van der Waals surface area (Å²) in [6.07, 6.45) is 3.34. The zero-order valence-corrected chi connectivity index (χ0v) is 12.0. The van der Waals surface area contributed by atoms with E-state index in [0.717, 1.165) is 25.9 Å². The van der Waals surface area contributed by atoms with Crippen molar-refractivity contribution >= 4 is 5.71 Å². The highest BCUT2D eigenvalue weighted by atomic mass is 19.3. The fourth-order valence-electron chi connectivity index (χ4n) is 2.13. The first kappa shape index (κ1) is 15.5. The van der Waals surface area contributed by atoms with Gasteiger partial charge in [-0.25, -0.2) is 0 Å². The molecule has 0 fully saturated rings. The Labute approximate surface area is 124 Å². The molecular weight excluding hydrogens is 273 g/mol. The van der Waals surface area contributed by atoms with Crippen molar-refractivity contribution in [3.63, 3.8) is 0 Å². The zero-order chi connectivity index (χ0) is 14.9. The Morgan fingerprint density at radius 2 is 2.14 bits per heavy atom. The molecule has 0 N–H and O–H groups in total. The predicted octanol–water partition coefficient (Wildman–Crippen LogP) is 3.93. The number of rotatable bonds is 9. The second-order valence-electron chi connectivity index (χ2n) is 5.00. The molecule has 0 spiro atoms. The Hall–Kier alpha value is -1.88. The van der Waals surface area contributed by atoms with Gasteiger partial charge in [0.2, 0.25) is 0 Å². The van der Waals surface area contributed by atoms with Gasteiger partial charge < -0.3 is 9.57 Å². The van der Waals surface area contributed by atoms with E-state index in [9.17, 15) is 4.53 Å². The average molecular weight is 293 g/mol. The molecule has 0 aliphatic carbocycles. The highest BCUT2D eigenvalue weighted by Crippen LogP contribution is 2.20. The summed E-state index contributed by atoms with van der Waals surface area (Å²) in [6.45, 7) is 4.77. The fourth-order valence-corrected chi connectivity index (χ4v) is 2.13. The normalized spacial score (nSPS) is 17.2. The van der Waals surface area contributed by atoms with Crippen LogP contribution in [0.15, 0.2) is 47.8 Å². The maximum atomic E-state index is 11.9. The number of unbranched alkanes of at least 4 members (excludes halogenated alkanes) is 1. The lowest BCUT2D eigenvalue weighted by atomic mass is 10.1. The van der Waals surface area contributed by atoms with Crippen molar-refractivity contribution in [3.05, 3.63) is 48.2 Å². The van der Waals surface area contributed by atoms with Crippen molar-refractivity contribution in [2.24, 2.45) is 5.16 Å². The lowest BCUT2D eigenvalue weighted by Gasteiger charge is -2.08. The van der Waals surface area contributed by atoms with Gasteiger partial charge in [-0.15, -0.1) is 0 Å². The third-order valence-electron chi connectivity index (χ3n) is 3.32. The van der Waals surface area contributed by atoms with Gasteiger partial charge in [0.05, 0.1) is 6.61 Å². The topological polar surface area (TPSA) is 40.0 Å². The van der Waals surface area contributed by atoms with Crippen LogP contribution in [0.1, 0.15) is 31.2 Å². The molecule has 1 aromatic carbocycles. The number of hydrogen-bond donors (Lipinski definition) is 0. The van der Waals surface area contributed by atoms with Crippen LogP contribution < -0.4 is 0 Å². The Morgan fingerprint density at radius 3 is 2.90 bits per heavy atom. The number of hydrogen-bond acceptors (Lipinski definition) is 4. The molecule has 2 rings (SSSR count). The second kappa shape index (κ2) is 8.42. The average Bonchev–Trinajstić information content (AvgIpc) is 3.00. The summed E-state index contributed by atoms with van der Waals surface area (Å²) in [7, 11) is 0. The number of oxime groups is 1. The summed E-state index contributed by atoms with van der Waals surface area (Å²) in [4.78, 5) is 8.76. The van der Waals surface area contributed by atoms with E-state index in [0.29, 0.717) is 18.7 Å². The minimum atomic E-state index is -0.0660. The van der Waals surface area contributed by atoms with Gasteiger partial charge in [-0.1, -0.05) is 42.1 Å². The summed E-state index contributed by atoms with van der Waals surface area (Å²) in [6, 6.07) is 10.1. The Bertz CT molecular complexity index is 476. The van der Waals surface area contributed by atoms with Gasteiger partial charge >= 0.3 is 0 Å². The van der Waals surface area contributed by atoms with Crippen LogP contribution in [0.5, 0.6) is 0 Å². The summed E-state index contributed by atoms with van der Waals surface area (Å²) in [5.41, 5.74) is 1.63. The number of benzene rings is 1. The highest BCUT2D eigenvalue weighted by molar-refractivity contribution is 5.98. The Morgan fingerprint density at radius 1 is 1.33 bits per heavy atom. The smallest absolute Gasteiger partial charge is 0.189 e. The third-order valence-corrected chi connectivity index (χ3v) is 3.32. The fraction of sp³-hybridized carbons (Fsp3) is 0.438. The van der Waals surface area contributed by atoms with Gasteiger partial charge in [0.15, 0.2) is 5.76 Å². The van der Waals surface area contributed by atoms with Gasteiger partial charge in [0, 0.05) is 17.6 Å². The van der Waals surface area contributed by atoms with Crippen molar-refractivity contribution < 1.29 is 19.0 Å². The van der Waals surface area contributed by atoms with Crippen molar-refractivity contribution in [1.82, 2.24) is 0 Å². The van der Waals surface area contributed by atoms with Crippen LogP contribution in [0.2, 0.25) is 0 Å². The van der Waals surface area contributed by atoms with Crippen LogP contribution >= 0.6 is 0 Å². The number of ether oxygens (including phenoxy) is 1. The monoisotopic (exact) mass is 293 g/mol. The molecule has 0 aromatic heterocycles. The molecule has 1 aliphatic rings. The Balaban J connectivity index is 1.50. The molecule has 1 atom stereocenters. The molecule has 1 unspecified atom stereocenters. The quantitative estimate of drug-likeness (QED) is 0.511. The van der Waals surface area contributed by atoms with E-state index in [1.54, 1.807) is 0 Å². The lowest BCUT2D eigenvalue weighted by Crippen LogP contribution is -2.09. The molecule has 0 saturated carbocycles. The maximum Gasteiger partial charge on any atom is 0.189 e. The van der Waals surface area contributed by atoms with Crippen LogP contribution in [-0.4, -0.2) is 18.4 Å². The van der Waals surface area contributed by atoms with Crippen LogP contribution in [0.4, 0.5) is 4.53 Å². The summed E-state index contributed by atoms with van der Waals surface area (Å²) >= 11 is 0. The van der Waals surface area contributed by atoms with Crippen molar-refractivity contribution in [3.8, 4) is 0 Å². The largest absolute Gasteiger partial charge is 0.392 e. The van der Waals surface area contributed by atoms with Crippen LogP contribution in [0.3, 0.4) is 0 Å². The molecule has 5 heteroatoms. The lowest BCUT2D eigenvalue weighted by molar-refractivity contribution is -0.0724. The standard InChI is InChI=1S/C16H20FNO3/c1-13(20-17)16-11-15(21-18-16)9-5-6-10-19-12-14-7-3-2-4-8-14/h2-4,7-8,15H,1,5-6,9-12H2. The van der Waals surface area contributed by atoms with Crippen molar-refractivity contribution in [2.45, 2.75) is 38.4 Å². The molecule has 0 radical (unpaired) electrons. The van der Waals surface area contributed by atoms with E-state index in [1.165, 1.54) is 5.56 Å². The van der Waals surface area contributed by atoms with Crippen molar-refractivity contribution in [2.75, 3.05) is 6.61 Å².